The van der Waals surface area contributed by atoms with Gasteiger partial charge in [-0.1, -0.05) is 12.8 Å². The van der Waals surface area contributed by atoms with Gasteiger partial charge in [0.25, 0.3) is 5.91 Å². The van der Waals surface area contributed by atoms with Crippen LogP contribution in [0.3, 0.4) is 0 Å². The molecule has 1 saturated carbocycles. The predicted molar refractivity (Wildman–Crippen MR) is 94.8 cm³/mol. The molecular formula is C19H22N2O6. The molecule has 3 amide bonds. The number of anilines is 1. The fourth-order valence-electron chi connectivity index (χ4n) is 3.58. The Morgan fingerprint density at radius 3 is 2.22 bits per heavy atom. The number of amides is 3. The molecule has 1 N–H and O–H groups in total. The van der Waals surface area contributed by atoms with Crippen LogP contribution in [0.1, 0.15) is 25.7 Å². The zero-order valence-electron chi connectivity index (χ0n) is 15.1. The number of ether oxygens (including phenoxy) is 2. The van der Waals surface area contributed by atoms with E-state index in [2.05, 4.69) is 5.32 Å². The average Bonchev–Trinajstić information content (AvgIpc) is 2.92. The van der Waals surface area contributed by atoms with Crippen LogP contribution in [0.15, 0.2) is 24.3 Å². The first-order valence-corrected chi connectivity index (χ1v) is 8.94. The third-order valence-electron chi connectivity index (χ3n) is 4.96. The molecule has 1 aliphatic heterocycles. The number of nitrogens with one attached hydrogen (secondary N) is 1. The normalized spacial score (nSPS) is 21.6. The summed E-state index contributed by atoms with van der Waals surface area (Å²) in [5.41, 5.74) is 0.533. The summed E-state index contributed by atoms with van der Waals surface area (Å²) in [7, 11) is 1.54. The highest BCUT2D eigenvalue weighted by atomic mass is 16.5. The van der Waals surface area contributed by atoms with Crippen molar-refractivity contribution in [2.24, 2.45) is 11.8 Å². The topological polar surface area (TPSA) is 102 Å². The van der Waals surface area contributed by atoms with Crippen LogP contribution in [0, 0.1) is 11.8 Å². The van der Waals surface area contributed by atoms with E-state index in [1.165, 1.54) is 7.11 Å². The number of benzene rings is 1. The maximum atomic E-state index is 12.3. The second-order valence-corrected chi connectivity index (χ2v) is 6.70. The molecule has 1 aromatic carbocycles. The van der Waals surface area contributed by atoms with Crippen LogP contribution in [0.2, 0.25) is 0 Å². The number of rotatable bonds is 6. The van der Waals surface area contributed by atoms with Gasteiger partial charge in [0, 0.05) is 5.69 Å². The van der Waals surface area contributed by atoms with Crippen molar-refractivity contribution in [3.05, 3.63) is 24.3 Å². The number of methoxy groups -OCH3 is 1. The number of carbonyl (C=O) groups is 4. The Hall–Kier alpha value is -2.90. The zero-order chi connectivity index (χ0) is 19.4. The Bertz CT molecular complexity index is 721. The van der Waals surface area contributed by atoms with Crippen molar-refractivity contribution >= 4 is 29.4 Å². The highest BCUT2D eigenvalue weighted by Crippen LogP contribution is 2.37. The lowest BCUT2D eigenvalue weighted by Crippen LogP contribution is -2.37. The van der Waals surface area contributed by atoms with Crippen molar-refractivity contribution in [1.82, 2.24) is 4.90 Å². The van der Waals surface area contributed by atoms with Gasteiger partial charge in [0.05, 0.1) is 18.9 Å². The van der Waals surface area contributed by atoms with E-state index in [9.17, 15) is 19.2 Å². The minimum atomic E-state index is -0.778. The van der Waals surface area contributed by atoms with Gasteiger partial charge in [-0.15, -0.1) is 0 Å². The van der Waals surface area contributed by atoms with Gasteiger partial charge < -0.3 is 14.8 Å². The standard InChI is InChI=1S/C19H22N2O6/c1-26-13-8-6-12(7-9-13)20-16(22)11-27-17(23)10-21-18(24)14-4-2-3-5-15(14)19(21)25/h6-9,14-15H,2-5,10-11H2,1H3,(H,20,22)/t14-,15-/m1/s1. The van der Waals surface area contributed by atoms with Crippen LogP contribution in [0.5, 0.6) is 5.75 Å². The third kappa shape index (κ3) is 4.27. The number of esters is 1. The lowest BCUT2D eigenvalue weighted by molar-refractivity contribution is -0.154. The molecule has 0 unspecified atom stereocenters. The summed E-state index contributed by atoms with van der Waals surface area (Å²) >= 11 is 0. The number of nitrogens with zero attached hydrogens (tertiary/aromatic N) is 1. The van der Waals surface area contributed by atoms with E-state index in [-0.39, 0.29) is 23.7 Å². The zero-order valence-corrected chi connectivity index (χ0v) is 15.1. The van der Waals surface area contributed by atoms with Gasteiger partial charge in [-0.05, 0) is 37.1 Å². The number of carbonyl (C=O) groups excluding carboxylic acids is 4. The molecule has 1 heterocycles. The van der Waals surface area contributed by atoms with E-state index in [1.807, 2.05) is 0 Å². The molecule has 0 bridgehead atoms. The van der Waals surface area contributed by atoms with Gasteiger partial charge in [-0.3, -0.25) is 24.1 Å². The first-order chi connectivity index (χ1) is 13.0. The number of imide groups is 1. The highest BCUT2D eigenvalue weighted by Gasteiger charge is 2.48. The molecule has 1 aliphatic carbocycles. The van der Waals surface area contributed by atoms with Gasteiger partial charge in [0.2, 0.25) is 11.8 Å². The van der Waals surface area contributed by atoms with Crippen molar-refractivity contribution in [2.75, 3.05) is 25.6 Å². The molecule has 0 aromatic heterocycles. The molecule has 8 heteroatoms. The average molecular weight is 374 g/mol. The van der Waals surface area contributed by atoms with E-state index in [1.54, 1.807) is 24.3 Å². The third-order valence-corrected chi connectivity index (χ3v) is 4.96. The van der Waals surface area contributed by atoms with Gasteiger partial charge in [-0.25, -0.2) is 0 Å². The Labute approximate surface area is 156 Å². The molecule has 27 heavy (non-hydrogen) atoms. The fourth-order valence-corrected chi connectivity index (χ4v) is 3.58. The summed E-state index contributed by atoms with van der Waals surface area (Å²) in [6.07, 6.45) is 3.21. The van der Waals surface area contributed by atoms with E-state index in [0.717, 1.165) is 17.7 Å². The lowest BCUT2D eigenvalue weighted by Gasteiger charge is -2.19. The Morgan fingerprint density at radius 1 is 1.07 bits per heavy atom. The Kier molecular flexibility index (Phi) is 5.73. The summed E-state index contributed by atoms with van der Waals surface area (Å²) < 4.78 is 9.94. The van der Waals surface area contributed by atoms with Gasteiger partial charge in [0.1, 0.15) is 12.3 Å². The lowest BCUT2D eigenvalue weighted by atomic mass is 9.81. The van der Waals surface area contributed by atoms with Gasteiger partial charge in [-0.2, -0.15) is 0 Å². The van der Waals surface area contributed by atoms with Crippen molar-refractivity contribution in [1.29, 1.82) is 0 Å². The van der Waals surface area contributed by atoms with E-state index in [4.69, 9.17) is 9.47 Å². The molecular weight excluding hydrogens is 352 g/mol. The summed E-state index contributed by atoms with van der Waals surface area (Å²) in [5, 5.41) is 2.58. The van der Waals surface area contributed by atoms with Crippen molar-refractivity contribution in [2.45, 2.75) is 25.7 Å². The maximum Gasteiger partial charge on any atom is 0.326 e. The number of hydrogen-bond donors (Lipinski definition) is 1. The molecule has 0 spiro atoms. The van der Waals surface area contributed by atoms with Crippen LogP contribution in [-0.2, 0) is 23.9 Å². The summed E-state index contributed by atoms with van der Waals surface area (Å²) in [5.74, 6) is -1.86. The molecule has 1 saturated heterocycles. The molecule has 8 nitrogen and oxygen atoms in total. The smallest absolute Gasteiger partial charge is 0.326 e. The Balaban J connectivity index is 1.47. The highest BCUT2D eigenvalue weighted by molar-refractivity contribution is 6.07. The molecule has 2 fully saturated rings. The van der Waals surface area contributed by atoms with Crippen LogP contribution in [0.25, 0.3) is 0 Å². The van der Waals surface area contributed by atoms with Crippen LogP contribution >= 0.6 is 0 Å². The van der Waals surface area contributed by atoms with Crippen LogP contribution in [0.4, 0.5) is 5.69 Å². The second kappa shape index (κ2) is 8.20. The van der Waals surface area contributed by atoms with Crippen molar-refractivity contribution in [3.8, 4) is 5.75 Å². The number of likely N-dealkylation sites (tertiary alicyclic amines) is 1. The second-order valence-electron chi connectivity index (χ2n) is 6.70. The van der Waals surface area contributed by atoms with E-state index >= 15 is 0 Å². The van der Waals surface area contributed by atoms with Crippen molar-refractivity contribution in [3.63, 3.8) is 0 Å². The van der Waals surface area contributed by atoms with Crippen LogP contribution in [-0.4, -0.2) is 48.9 Å². The predicted octanol–water partition coefficient (Wildman–Crippen LogP) is 1.35. The summed E-state index contributed by atoms with van der Waals surface area (Å²) in [6, 6.07) is 6.68. The van der Waals surface area contributed by atoms with Crippen molar-refractivity contribution < 1.29 is 28.7 Å². The summed E-state index contributed by atoms with van der Waals surface area (Å²) in [6.45, 7) is -0.936. The molecule has 2 aliphatic rings. The molecule has 144 valence electrons. The number of hydrogen-bond acceptors (Lipinski definition) is 6. The minimum Gasteiger partial charge on any atom is -0.497 e. The molecule has 0 radical (unpaired) electrons. The number of fused-ring (bicyclic) bond motifs is 1. The SMILES string of the molecule is COc1ccc(NC(=O)COC(=O)CN2C(=O)[C@@H]3CCCC[C@H]3C2=O)cc1. The van der Waals surface area contributed by atoms with Crippen LogP contribution < -0.4 is 10.1 Å². The Morgan fingerprint density at radius 2 is 1.67 bits per heavy atom. The van der Waals surface area contributed by atoms with Gasteiger partial charge in [0.15, 0.2) is 6.61 Å². The minimum absolute atomic E-state index is 0.302. The van der Waals surface area contributed by atoms with E-state index < -0.39 is 25.0 Å². The first-order valence-electron chi connectivity index (χ1n) is 8.94. The van der Waals surface area contributed by atoms with Gasteiger partial charge >= 0.3 is 5.97 Å². The molecule has 1 aromatic rings. The largest absolute Gasteiger partial charge is 0.497 e. The fraction of sp³-hybridized carbons (Fsp3) is 0.474. The first kappa shape index (κ1) is 18.9. The summed E-state index contributed by atoms with van der Waals surface area (Å²) in [4.78, 5) is 49.5. The molecule has 2 atom stereocenters. The molecule has 3 rings (SSSR count). The van der Waals surface area contributed by atoms with E-state index in [0.29, 0.717) is 24.3 Å². The quantitative estimate of drug-likeness (QED) is 0.596. The maximum absolute atomic E-state index is 12.3. The monoisotopic (exact) mass is 374 g/mol.